The molecule has 3 aromatic rings. The molecule has 2 aliphatic rings. The highest BCUT2D eigenvalue weighted by atomic mass is 16.3. The van der Waals surface area contributed by atoms with E-state index in [1.807, 2.05) is 18.0 Å². The summed E-state index contributed by atoms with van der Waals surface area (Å²) >= 11 is 0. The summed E-state index contributed by atoms with van der Waals surface area (Å²) in [6.07, 6.45) is 7.01. The summed E-state index contributed by atoms with van der Waals surface area (Å²) in [5.41, 5.74) is 5.48. The normalized spacial score (nSPS) is 23.1. The van der Waals surface area contributed by atoms with Gasteiger partial charge >= 0.3 is 0 Å². The van der Waals surface area contributed by atoms with Gasteiger partial charge in [0.05, 0.1) is 18.2 Å². The third-order valence-electron chi connectivity index (χ3n) is 6.00. The van der Waals surface area contributed by atoms with Crippen LogP contribution in [0.4, 0.5) is 0 Å². The molecule has 27 heavy (non-hydrogen) atoms. The molecule has 5 nitrogen and oxygen atoms in total. The monoisotopic (exact) mass is 362 g/mol. The molecule has 0 aliphatic carbocycles. The van der Waals surface area contributed by atoms with Gasteiger partial charge in [-0.15, -0.1) is 0 Å². The molecule has 2 aromatic heterocycles. The summed E-state index contributed by atoms with van der Waals surface area (Å²) < 4.78 is 7.27. The number of likely N-dealkylation sites (tertiary alicyclic amines) is 1. The Balaban J connectivity index is 1.39. The first kappa shape index (κ1) is 16.8. The average Bonchev–Trinajstić information content (AvgIpc) is 3.38. The molecule has 0 bridgehead atoms. The zero-order chi connectivity index (χ0) is 18.3. The van der Waals surface area contributed by atoms with Gasteiger partial charge in [-0.1, -0.05) is 30.3 Å². The number of benzene rings is 1. The summed E-state index contributed by atoms with van der Waals surface area (Å²) in [5.74, 6) is 0. The third-order valence-corrected chi connectivity index (χ3v) is 6.00. The van der Waals surface area contributed by atoms with E-state index in [9.17, 15) is 0 Å². The molecule has 1 fully saturated rings. The fourth-order valence-electron chi connectivity index (χ4n) is 4.91. The fraction of sp³-hybridized carbons (Fsp3) is 0.409. The van der Waals surface area contributed by atoms with E-state index >= 15 is 0 Å². The molecule has 1 aromatic carbocycles. The number of aromatic nitrogens is 2. The molecule has 0 unspecified atom stereocenters. The molecule has 0 amide bonds. The van der Waals surface area contributed by atoms with Crippen LogP contribution in [0.25, 0.3) is 0 Å². The topological polar surface area (TPSA) is 37.4 Å². The van der Waals surface area contributed by atoms with Crippen molar-refractivity contribution >= 4 is 0 Å². The van der Waals surface area contributed by atoms with Crippen LogP contribution in [-0.2, 0) is 32.1 Å². The van der Waals surface area contributed by atoms with Crippen molar-refractivity contribution in [3.63, 3.8) is 0 Å². The highest BCUT2D eigenvalue weighted by molar-refractivity contribution is 5.32. The molecule has 1 atom stereocenters. The standard InChI is InChI=1S/C22H26N4O/c1-24-13-20-14-26(12-19-7-10-27-15-19)17-22(21(20)23-24)8-9-25(16-22)11-18-5-3-2-4-6-18/h2-7,10,13,15H,8-9,11-12,14,16-17H2,1H3/t22-/m1/s1. The largest absolute Gasteiger partial charge is 0.472 e. The highest BCUT2D eigenvalue weighted by Gasteiger charge is 2.46. The Kier molecular flexibility index (Phi) is 4.14. The van der Waals surface area contributed by atoms with E-state index in [4.69, 9.17) is 9.52 Å². The van der Waals surface area contributed by atoms with E-state index in [2.05, 4.69) is 52.4 Å². The summed E-state index contributed by atoms with van der Waals surface area (Å²) in [7, 11) is 2.04. The third kappa shape index (κ3) is 3.22. The van der Waals surface area contributed by atoms with Gasteiger partial charge in [0.25, 0.3) is 0 Å². The van der Waals surface area contributed by atoms with Crippen LogP contribution in [0.2, 0.25) is 0 Å². The smallest absolute Gasteiger partial charge is 0.0947 e. The van der Waals surface area contributed by atoms with Crippen molar-refractivity contribution in [2.45, 2.75) is 31.5 Å². The second kappa shape index (κ2) is 6.66. The van der Waals surface area contributed by atoms with E-state index in [0.29, 0.717) is 0 Å². The molecule has 0 saturated carbocycles. The molecule has 4 heterocycles. The van der Waals surface area contributed by atoms with Crippen molar-refractivity contribution in [3.05, 3.63) is 77.5 Å². The number of fused-ring (bicyclic) bond motifs is 2. The van der Waals surface area contributed by atoms with Crippen LogP contribution in [0.5, 0.6) is 0 Å². The second-order valence-corrected chi connectivity index (χ2v) is 8.18. The van der Waals surface area contributed by atoms with Crippen LogP contribution in [0.3, 0.4) is 0 Å². The maximum atomic E-state index is 5.28. The Morgan fingerprint density at radius 1 is 1.04 bits per heavy atom. The van der Waals surface area contributed by atoms with Crippen LogP contribution < -0.4 is 0 Å². The first-order valence-corrected chi connectivity index (χ1v) is 9.73. The van der Waals surface area contributed by atoms with Crippen LogP contribution in [-0.4, -0.2) is 39.2 Å². The summed E-state index contributed by atoms with van der Waals surface area (Å²) in [4.78, 5) is 5.15. The van der Waals surface area contributed by atoms with Crippen LogP contribution >= 0.6 is 0 Å². The van der Waals surface area contributed by atoms with Crippen molar-refractivity contribution in [1.29, 1.82) is 0 Å². The predicted octanol–water partition coefficient (Wildman–Crippen LogP) is 3.17. The number of aryl methyl sites for hydroxylation is 1. The molecule has 5 heteroatoms. The first-order valence-electron chi connectivity index (χ1n) is 9.73. The number of furan rings is 1. The summed E-state index contributed by atoms with van der Waals surface area (Å²) in [5, 5.41) is 4.90. The van der Waals surface area contributed by atoms with Gasteiger partial charge in [-0.3, -0.25) is 14.5 Å². The Bertz CT molecular complexity index is 902. The van der Waals surface area contributed by atoms with Crippen molar-refractivity contribution in [3.8, 4) is 0 Å². The summed E-state index contributed by atoms with van der Waals surface area (Å²) in [6, 6.07) is 12.9. The van der Waals surface area contributed by atoms with Gasteiger partial charge in [0.2, 0.25) is 0 Å². The molecule has 5 rings (SSSR count). The Hall–Kier alpha value is -2.37. The van der Waals surface area contributed by atoms with Gasteiger partial charge in [-0.2, -0.15) is 5.10 Å². The zero-order valence-corrected chi connectivity index (χ0v) is 15.8. The average molecular weight is 362 g/mol. The molecular weight excluding hydrogens is 336 g/mol. The van der Waals surface area contributed by atoms with Gasteiger partial charge in [0, 0.05) is 62.5 Å². The van der Waals surface area contributed by atoms with E-state index in [0.717, 1.165) is 39.3 Å². The minimum absolute atomic E-state index is 0.132. The van der Waals surface area contributed by atoms with Crippen molar-refractivity contribution in [2.75, 3.05) is 19.6 Å². The molecule has 0 N–H and O–H groups in total. The van der Waals surface area contributed by atoms with E-state index in [1.165, 1.54) is 28.8 Å². The SMILES string of the molecule is Cn1cc2c(n1)[C@@]1(CCN(Cc3ccccc3)C1)CN(Cc1ccoc1)C2. The lowest BCUT2D eigenvalue weighted by molar-refractivity contribution is 0.162. The van der Waals surface area contributed by atoms with Crippen molar-refractivity contribution in [2.24, 2.45) is 7.05 Å². The van der Waals surface area contributed by atoms with Crippen LogP contribution in [0.1, 0.15) is 28.8 Å². The molecule has 0 radical (unpaired) electrons. The maximum absolute atomic E-state index is 5.28. The minimum atomic E-state index is 0.132. The maximum Gasteiger partial charge on any atom is 0.0947 e. The van der Waals surface area contributed by atoms with Gasteiger partial charge in [0.15, 0.2) is 0 Å². The fourth-order valence-corrected chi connectivity index (χ4v) is 4.91. The molecule has 1 spiro atoms. The Morgan fingerprint density at radius 2 is 1.85 bits per heavy atom. The lowest BCUT2D eigenvalue weighted by atomic mass is 9.78. The Morgan fingerprint density at radius 3 is 2.67 bits per heavy atom. The van der Waals surface area contributed by atoms with E-state index < -0.39 is 0 Å². The highest BCUT2D eigenvalue weighted by Crippen LogP contribution is 2.41. The number of hydrogen-bond acceptors (Lipinski definition) is 4. The summed E-state index contributed by atoms with van der Waals surface area (Å²) in [6.45, 7) is 6.19. The second-order valence-electron chi connectivity index (χ2n) is 8.18. The lowest BCUT2D eigenvalue weighted by Gasteiger charge is -2.39. The zero-order valence-electron chi connectivity index (χ0n) is 15.8. The predicted molar refractivity (Wildman–Crippen MR) is 104 cm³/mol. The first-order chi connectivity index (χ1) is 13.2. The number of rotatable bonds is 4. The van der Waals surface area contributed by atoms with Crippen molar-refractivity contribution < 1.29 is 4.42 Å². The molecular formula is C22H26N4O. The quantitative estimate of drug-likeness (QED) is 0.714. The number of nitrogens with zero attached hydrogens (tertiary/aromatic N) is 4. The van der Waals surface area contributed by atoms with Gasteiger partial charge < -0.3 is 4.42 Å². The lowest BCUT2D eigenvalue weighted by Crippen LogP contribution is -2.47. The molecule has 1 saturated heterocycles. The van der Waals surface area contributed by atoms with Gasteiger partial charge in [-0.05, 0) is 24.6 Å². The van der Waals surface area contributed by atoms with Crippen LogP contribution in [0, 0.1) is 0 Å². The van der Waals surface area contributed by atoms with E-state index in [1.54, 1.807) is 6.26 Å². The van der Waals surface area contributed by atoms with Gasteiger partial charge in [0.1, 0.15) is 0 Å². The van der Waals surface area contributed by atoms with Crippen molar-refractivity contribution in [1.82, 2.24) is 19.6 Å². The van der Waals surface area contributed by atoms with Gasteiger partial charge in [-0.25, -0.2) is 0 Å². The minimum Gasteiger partial charge on any atom is -0.472 e. The van der Waals surface area contributed by atoms with Crippen LogP contribution in [0.15, 0.2) is 59.5 Å². The van der Waals surface area contributed by atoms with E-state index in [-0.39, 0.29) is 5.41 Å². The number of hydrogen-bond donors (Lipinski definition) is 0. The molecule has 2 aliphatic heterocycles. The molecule has 140 valence electrons. The Labute approximate surface area is 160 Å².